The molecule has 3 atom stereocenters. The van der Waals surface area contributed by atoms with Gasteiger partial charge in [0.15, 0.2) is 0 Å². The van der Waals surface area contributed by atoms with Gasteiger partial charge in [-0.15, -0.1) is 0 Å². The molecule has 1 fully saturated rings. The fourth-order valence-corrected chi connectivity index (χ4v) is 2.57. The molecule has 0 aromatic rings. The number of rotatable bonds is 4. The van der Waals surface area contributed by atoms with Gasteiger partial charge in [0.25, 0.3) is 0 Å². The van der Waals surface area contributed by atoms with E-state index in [0.717, 1.165) is 0 Å². The molecule has 15 heavy (non-hydrogen) atoms. The summed E-state index contributed by atoms with van der Waals surface area (Å²) >= 11 is 3.33. The molecule has 0 aromatic carbocycles. The molecule has 4 heteroatoms. The maximum atomic E-state index is 11.4. The molecule has 1 aliphatic rings. The van der Waals surface area contributed by atoms with Gasteiger partial charge in [-0.2, -0.15) is 0 Å². The first-order valence-corrected chi connectivity index (χ1v) is 5.96. The Bertz CT molecular complexity index is 286. The summed E-state index contributed by atoms with van der Waals surface area (Å²) in [6.45, 7) is 5.64. The summed E-state index contributed by atoms with van der Waals surface area (Å²) in [5, 5.41) is 0. The molecule has 1 rings (SSSR count). The van der Waals surface area contributed by atoms with E-state index in [4.69, 9.17) is 4.74 Å². The molecule has 0 bridgehead atoms. The minimum Gasteiger partial charge on any atom is -0.469 e. The molecule has 1 aliphatic carbocycles. The van der Waals surface area contributed by atoms with Crippen LogP contribution in [-0.2, 0) is 14.3 Å². The average molecular weight is 277 g/mol. The fraction of sp³-hybridized carbons (Fsp3) is 0.818. The molecule has 0 aromatic heterocycles. The molecule has 0 unspecified atom stereocenters. The van der Waals surface area contributed by atoms with Crippen LogP contribution in [0.25, 0.3) is 0 Å². The lowest BCUT2D eigenvalue weighted by Gasteiger charge is -2.05. The smallest absolute Gasteiger partial charge is 0.309 e. The quantitative estimate of drug-likeness (QED) is 0.584. The normalized spacial score (nSPS) is 29.4. The Labute approximate surface area is 98.7 Å². The third-order valence-electron chi connectivity index (χ3n) is 3.41. The highest BCUT2D eigenvalue weighted by Gasteiger charge is 2.62. The Morgan fingerprint density at radius 1 is 1.47 bits per heavy atom. The van der Waals surface area contributed by atoms with E-state index >= 15 is 0 Å². The second-order valence-electron chi connectivity index (χ2n) is 4.74. The third kappa shape index (κ3) is 2.41. The molecule has 3 nitrogen and oxygen atoms in total. The highest BCUT2D eigenvalue weighted by Crippen LogP contribution is 2.61. The predicted molar refractivity (Wildman–Crippen MR) is 60.8 cm³/mol. The number of Topliss-reactive ketones (excluding diaryl/α,β-unsaturated/α-hetero) is 1. The van der Waals surface area contributed by atoms with E-state index in [9.17, 15) is 9.59 Å². The lowest BCUT2D eigenvalue weighted by Crippen LogP contribution is -2.12. The van der Waals surface area contributed by atoms with Crippen LogP contribution in [0.1, 0.15) is 27.2 Å². The summed E-state index contributed by atoms with van der Waals surface area (Å²) < 4.78 is 4.74. The number of alkyl halides is 1. The average Bonchev–Trinajstić information content (AvgIpc) is 2.67. The van der Waals surface area contributed by atoms with Crippen molar-refractivity contribution >= 4 is 27.7 Å². The van der Waals surface area contributed by atoms with Crippen molar-refractivity contribution < 1.29 is 14.3 Å². The standard InChI is InChI=1S/C11H17BrO3/c1-6(13)8(12)5-7-9(10(14)15-4)11(7,2)3/h7-9H,5H2,1-4H3/t7-,8+,9-/m1/s1. The van der Waals surface area contributed by atoms with Gasteiger partial charge in [0.2, 0.25) is 0 Å². The van der Waals surface area contributed by atoms with Crippen molar-refractivity contribution in [3.8, 4) is 0 Å². The molecule has 0 heterocycles. The number of carbonyl (C=O) groups is 2. The van der Waals surface area contributed by atoms with Crippen molar-refractivity contribution in [1.82, 2.24) is 0 Å². The molecule has 0 radical (unpaired) electrons. The topological polar surface area (TPSA) is 43.4 Å². The number of ether oxygens (including phenoxy) is 1. The van der Waals surface area contributed by atoms with Crippen LogP contribution in [0.15, 0.2) is 0 Å². The number of methoxy groups -OCH3 is 1. The van der Waals surface area contributed by atoms with Crippen molar-refractivity contribution in [3.63, 3.8) is 0 Å². The zero-order chi connectivity index (χ0) is 11.8. The van der Waals surface area contributed by atoms with Gasteiger partial charge in [-0.1, -0.05) is 29.8 Å². The van der Waals surface area contributed by atoms with Crippen LogP contribution in [0.5, 0.6) is 0 Å². The predicted octanol–water partition coefficient (Wildman–Crippen LogP) is 2.17. The summed E-state index contributed by atoms with van der Waals surface area (Å²) in [6.07, 6.45) is 0.710. The lowest BCUT2D eigenvalue weighted by atomic mass is 10.1. The Kier molecular flexibility index (Phi) is 3.59. The van der Waals surface area contributed by atoms with Gasteiger partial charge in [0, 0.05) is 0 Å². The number of hydrogen-bond acceptors (Lipinski definition) is 3. The highest BCUT2D eigenvalue weighted by atomic mass is 79.9. The Balaban J connectivity index is 2.59. The zero-order valence-corrected chi connectivity index (χ0v) is 11.1. The zero-order valence-electron chi connectivity index (χ0n) is 9.54. The fourth-order valence-electron chi connectivity index (χ4n) is 2.17. The number of esters is 1. The summed E-state index contributed by atoms with van der Waals surface area (Å²) in [5.74, 6) is 0.148. The van der Waals surface area contributed by atoms with Gasteiger partial charge in [-0.25, -0.2) is 0 Å². The first-order valence-electron chi connectivity index (χ1n) is 5.04. The molecule has 0 N–H and O–H groups in total. The Morgan fingerprint density at radius 3 is 2.40 bits per heavy atom. The van der Waals surface area contributed by atoms with Crippen LogP contribution in [0, 0.1) is 17.3 Å². The molecular weight excluding hydrogens is 260 g/mol. The molecule has 0 aliphatic heterocycles. The van der Waals surface area contributed by atoms with Gasteiger partial charge >= 0.3 is 5.97 Å². The molecule has 0 spiro atoms. The highest BCUT2D eigenvalue weighted by molar-refractivity contribution is 9.10. The Morgan fingerprint density at radius 2 is 2.00 bits per heavy atom. The number of ketones is 1. The van der Waals surface area contributed by atoms with E-state index in [2.05, 4.69) is 15.9 Å². The SMILES string of the molecule is COC(=O)[C@H]1[C@@H](C[C@H](Br)C(C)=O)C1(C)C. The summed E-state index contributed by atoms with van der Waals surface area (Å²) in [6, 6.07) is 0. The summed E-state index contributed by atoms with van der Waals surface area (Å²) in [7, 11) is 1.41. The van der Waals surface area contributed by atoms with Gasteiger partial charge in [0.1, 0.15) is 5.78 Å². The maximum Gasteiger partial charge on any atom is 0.309 e. The maximum absolute atomic E-state index is 11.4. The minimum atomic E-state index is -0.159. The van der Waals surface area contributed by atoms with E-state index in [1.165, 1.54) is 7.11 Å². The largest absolute Gasteiger partial charge is 0.469 e. The van der Waals surface area contributed by atoms with E-state index in [0.29, 0.717) is 6.42 Å². The Hall–Kier alpha value is -0.380. The van der Waals surface area contributed by atoms with Gasteiger partial charge in [0.05, 0.1) is 17.9 Å². The lowest BCUT2D eigenvalue weighted by molar-refractivity contribution is -0.143. The minimum absolute atomic E-state index is 0.0332. The van der Waals surface area contributed by atoms with E-state index in [-0.39, 0.29) is 33.8 Å². The third-order valence-corrected chi connectivity index (χ3v) is 4.43. The van der Waals surface area contributed by atoms with E-state index in [1.54, 1.807) is 6.92 Å². The van der Waals surface area contributed by atoms with Crippen molar-refractivity contribution in [3.05, 3.63) is 0 Å². The number of halogens is 1. The molecular formula is C11H17BrO3. The van der Waals surface area contributed by atoms with Crippen LogP contribution in [-0.4, -0.2) is 23.7 Å². The summed E-state index contributed by atoms with van der Waals surface area (Å²) in [4.78, 5) is 22.4. The second-order valence-corrected chi connectivity index (χ2v) is 5.85. The first-order chi connectivity index (χ1) is 6.82. The van der Waals surface area contributed by atoms with Crippen LogP contribution < -0.4 is 0 Å². The molecule has 0 amide bonds. The van der Waals surface area contributed by atoms with Crippen LogP contribution in [0.3, 0.4) is 0 Å². The van der Waals surface area contributed by atoms with Gasteiger partial charge < -0.3 is 4.74 Å². The van der Waals surface area contributed by atoms with Crippen molar-refractivity contribution in [2.24, 2.45) is 17.3 Å². The molecule has 1 saturated carbocycles. The monoisotopic (exact) mass is 276 g/mol. The summed E-state index contributed by atoms with van der Waals surface area (Å²) in [5.41, 5.74) is -0.0332. The van der Waals surface area contributed by atoms with E-state index < -0.39 is 0 Å². The van der Waals surface area contributed by atoms with E-state index in [1.807, 2.05) is 13.8 Å². The molecule has 86 valence electrons. The van der Waals surface area contributed by atoms with Crippen molar-refractivity contribution in [2.45, 2.75) is 32.0 Å². The number of carbonyl (C=O) groups excluding carboxylic acids is 2. The second kappa shape index (κ2) is 4.24. The van der Waals surface area contributed by atoms with Crippen LogP contribution in [0.4, 0.5) is 0 Å². The van der Waals surface area contributed by atoms with Gasteiger partial charge in [-0.3, -0.25) is 9.59 Å². The van der Waals surface area contributed by atoms with Crippen LogP contribution in [0.2, 0.25) is 0 Å². The number of hydrogen-bond donors (Lipinski definition) is 0. The van der Waals surface area contributed by atoms with Crippen molar-refractivity contribution in [1.29, 1.82) is 0 Å². The van der Waals surface area contributed by atoms with Crippen molar-refractivity contribution in [2.75, 3.05) is 7.11 Å². The van der Waals surface area contributed by atoms with Crippen LogP contribution >= 0.6 is 15.9 Å². The van der Waals surface area contributed by atoms with Gasteiger partial charge in [-0.05, 0) is 24.7 Å². The molecule has 0 saturated heterocycles. The first kappa shape index (κ1) is 12.7.